The van der Waals surface area contributed by atoms with E-state index in [0.717, 1.165) is 12.8 Å². The van der Waals surface area contributed by atoms with Gasteiger partial charge in [-0.1, -0.05) is 19.3 Å². The molecule has 1 unspecified atom stereocenters. The molecule has 0 aromatic rings. The summed E-state index contributed by atoms with van der Waals surface area (Å²) in [5.41, 5.74) is 0. The topological polar surface area (TPSA) is 52.2 Å². The first-order chi connectivity index (χ1) is 5.70. The van der Waals surface area contributed by atoms with Crippen molar-refractivity contribution in [3.63, 3.8) is 0 Å². The lowest BCUT2D eigenvalue weighted by molar-refractivity contribution is -0.250. The number of rotatable bonds is 4. The second-order valence-electron chi connectivity index (χ2n) is 2.42. The lowest BCUT2D eigenvalue weighted by Crippen LogP contribution is -2.39. The van der Waals surface area contributed by atoms with Crippen molar-refractivity contribution in [1.29, 1.82) is 0 Å². The van der Waals surface area contributed by atoms with Gasteiger partial charge in [0.1, 0.15) is 6.09 Å². The average molecular weight is 280 g/mol. The zero-order valence-electron chi connectivity index (χ0n) is 6.89. The van der Waals surface area contributed by atoms with Gasteiger partial charge in [-0.05, 0) is 9.85 Å². The first kappa shape index (κ1) is 11.6. The van der Waals surface area contributed by atoms with Crippen molar-refractivity contribution in [2.75, 3.05) is 6.54 Å². The molecule has 0 aromatic carbocycles. The van der Waals surface area contributed by atoms with Crippen LogP contribution in [0.1, 0.15) is 19.8 Å². The molecule has 12 heavy (non-hydrogen) atoms. The molecule has 0 saturated carbocycles. The van der Waals surface area contributed by atoms with Crippen LogP contribution in [0.4, 0.5) is 4.79 Å². The molecule has 0 aliphatic heterocycles. The van der Waals surface area contributed by atoms with Gasteiger partial charge in [0.15, 0.2) is 0 Å². The number of amides is 1. The molecule has 0 fully saturated rings. The second kappa shape index (κ2) is 7.22. The highest BCUT2D eigenvalue weighted by Crippen LogP contribution is 2.05. The standard InChI is InChI=1S/C8H12INO2/c1-2-7(4-3-5-9)6-10-8(11)12/h7,10H,2,4,6H2,1H3,(H,11,12)/p-1. The van der Waals surface area contributed by atoms with E-state index in [1.54, 1.807) is 0 Å². The molecule has 0 saturated heterocycles. The van der Waals surface area contributed by atoms with Gasteiger partial charge in [-0.3, -0.25) is 0 Å². The van der Waals surface area contributed by atoms with Crippen LogP contribution in [-0.2, 0) is 0 Å². The predicted octanol–water partition coefficient (Wildman–Crippen LogP) is 0.732. The number of carboxylic acid groups (broad SMARTS) is 1. The van der Waals surface area contributed by atoms with Crippen LogP contribution >= 0.6 is 22.6 Å². The third-order valence-corrected chi connectivity index (χ3v) is 1.95. The Morgan fingerprint density at radius 1 is 1.75 bits per heavy atom. The smallest absolute Gasteiger partial charge is 0.134 e. The molecule has 3 nitrogen and oxygen atoms in total. The molecule has 0 rings (SSSR count). The molecular weight excluding hydrogens is 269 g/mol. The summed E-state index contributed by atoms with van der Waals surface area (Å²) >= 11 is 1.97. The SMILES string of the molecule is CCC(CC#CI)CNC(=O)[O-]. The van der Waals surface area contributed by atoms with Crippen LogP contribution < -0.4 is 10.4 Å². The van der Waals surface area contributed by atoms with Gasteiger partial charge in [0.05, 0.1) is 0 Å². The summed E-state index contributed by atoms with van der Waals surface area (Å²) in [4.78, 5) is 10.0. The third-order valence-electron chi connectivity index (χ3n) is 1.57. The maximum absolute atomic E-state index is 10.0. The predicted molar refractivity (Wildman–Crippen MR) is 53.6 cm³/mol. The van der Waals surface area contributed by atoms with E-state index < -0.39 is 6.09 Å². The van der Waals surface area contributed by atoms with Gasteiger partial charge in [0.2, 0.25) is 0 Å². The summed E-state index contributed by atoms with van der Waals surface area (Å²) in [6.07, 6.45) is 0.446. The summed E-state index contributed by atoms with van der Waals surface area (Å²) in [5, 5.41) is 12.3. The van der Waals surface area contributed by atoms with Crippen LogP contribution in [0.5, 0.6) is 0 Å². The maximum atomic E-state index is 10.0. The number of halogens is 1. The van der Waals surface area contributed by atoms with Gasteiger partial charge < -0.3 is 15.2 Å². The van der Waals surface area contributed by atoms with Gasteiger partial charge >= 0.3 is 0 Å². The van der Waals surface area contributed by atoms with Gasteiger partial charge in [0.25, 0.3) is 0 Å². The molecule has 0 aliphatic carbocycles. The average Bonchev–Trinajstić information content (AvgIpc) is 2.05. The largest absolute Gasteiger partial charge is 0.530 e. The molecule has 0 aliphatic rings. The maximum Gasteiger partial charge on any atom is 0.134 e. The third kappa shape index (κ3) is 6.28. The fourth-order valence-corrected chi connectivity index (χ4v) is 0.992. The lowest BCUT2D eigenvalue weighted by atomic mass is 10.0. The summed E-state index contributed by atoms with van der Waals surface area (Å²) in [7, 11) is 0. The quantitative estimate of drug-likeness (QED) is 0.609. The monoisotopic (exact) mass is 280 g/mol. The van der Waals surface area contributed by atoms with E-state index in [1.165, 1.54) is 0 Å². The van der Waals surface area contributed by atoms with Crippen molar-refractivity contribution in [2.45, 2.75) is 19.8 Å². The molecule has 1 amide bonds. The summed E-state index contributed by atoms with van der Waals surface area (Å²) < 4.78 is 2.75. The van der Waals surface area contributed by atoms with Crippen molar-refractivity contribution in [1.82, 2.24) is 5.32 Å². The molecule has 0 radical (unpaired) electrons. The van der Waals surface area contributed by atoms with Crippen molar-refractivity contribution in [3.05, 3.63) is 0 Å². The highest BCUT2D eigenvalue weighted by Gasteiger charge is 2.02. The Bertz CT molecular complexity index is 195. The van der Waals surface area contributed by atoms with Crippen LogP contribution in [0.2, 0.25) is 0 Å². The van der Waals surface area contributed by atoms with Crippen LogP contribution in [-0.4, -0.2) is 12.6 Å². The number of carbonyl (C=O) groups excluding carboxylic acids is 1. The Morgan fingerprint density at radius 2 is 2.42 bits per heavy atom. The van der Waals surface area contributed by atoms with Crippen molar-refractivity contribution >= 4 is 28.7 Å². The Hall–Kier alpha value is -0.440. The molecule has 0 spiro atoms. The Morgan fingerprint density at radius 3 is 2.83 bits per heavy atom. The van der Waals surface area contributed by atoms with E-state index in [4.69, 9.17) is 0 Å². The van der Waals surface area contributed by atoms with Gasteiger partial charge in [-0.2, -0.15) is 0 Å². The lowest BCUT2D eigenvalue weighted by Gasteiger charge is -2.13. The minimum atomic E-state index is -1.21. The highest BCUT2D eigenvalue weighted by atomic mass is 127. The fraction of sp³-hybridized carbons (Fsp3) is 0.625. The van der Waals surface area contributed by atoms with E-state index in [9.17, 15) is 9.90 Å². The van der Waals surface area contributed by atoms with E-state index in [2.05, 4.69) is 15.2 Å². The summed E-state index contributed by atoms with van der Waals surface area (Å²) in [5.74, 6) is 3.20. The Balaban J connectivity index is 3.64. The minimum Gasteiger partial charge on any atom is -0.530 e. The Kier molecular flexibility index (Phi) is 6.96. The van der Waals surface area contributed by atoms with E-state index in [-0.39, 0.29) is 0 Å². The fourth-order valence-electron chi connectivity index (χ4n) is 0.771. The number of hydrogen-bond donors (Lipinski definition) is 1. The van der Waals surface area contributed by atoms with E-state index >= 15 is 0 Å². The molecule has 0 bridgehead atoms. The molecule has 0 aromatic heterocycles. The zero-order chi connectivity index (χ0) is 9.40. The van der Waals surface area contributed by atoms with Gasteiger partial charge in [-0.15, -0.1) is 0 Å². The van der Waals surface area contributed by atoms with Gasteiger partial charge in [0, 0.05) is 35.6 Å². The molecule has 1 N–H and O–H groups in total. The van der Waals surface area contributed by atoms with E-state index in [1.807, 2.05) is 29.5 Å². The molecule has 0 heterocycles. The normalized spacial score (nSPS) is 11.2. The molecule has 4 heteroatoms. The van der Waals surface area contributed by atoms with Gasteiger partial charge in [-0.25, -0.2) is 0 Å². The van der Waals surface area contributed by atoms with Crippen LogP contribution in [0.15, 0.2) is 0 Å². The van der Waals surface area contributed by atoms with Crippen molar-refractivity contribution in [2.24, 2.45) is 5.92 Å². The number of nitrogens with one attached hydrogen (secondary N) is 1. The summed E-state index contributed by atoms with van der Waals surface area (Å²) in [6, 6.07) is 0. The first-order valence-corrected chi connectivity index (χ1v) is 4.81. The molecule has 68 valence electrons. The zero-order valence-corrected chi connectivity index (χ0v) is 9.05. The van der Waals surface area contributed by atoms with Crippen molar-refractivity contribution < 1.29 is 9.90 Å². The van der Waals surface area contributed by atoms with Crippen molar-refractivity contribution in [3.8, 4) is 9.85 Å². The van der Waals surface area contributed by atoms with Crippen LogP contribution in [0, 0.1) is 15.8 Å². The highest BCUT2D eigenvalue weighted by molar-refractivity contribution is 14.1. The van der Waals surface area contributed by atoms with E-state index in [0.29, 0.717) is 12.5 Å². The molecular formula is C8H11INO2-. The van der Waals surface area contributed by atoms with Crippen LogP contribution in [0.25, 0.3) is 0 Å². The second-order valence-corrected chi connectivity index (χ2v) is 2.96. The van der Waals surface area contributed by atoms with Crippen LogP contribution in [0.3, 0.4) is 0 Å². The number of carbonyl (C=O) groups is 1. The molecule has 1 atom stereocenters. The minimum absolute atomic E-state index is 0.296. The summed E-state index contributed by atoms with van der Waals surface area (Å²) in [6.45, 7) is 2.45. The Labute approximate surface area is 86.1 Å². The first-order valence-electron chi connectivity index (χ1n) is 3.74. The number of hydrogen-bond acceptors (Lipinski definition) is 2.